The Labute approximate surface area is 98.4 Å². The molecule has 1 rings (SSSR count). The van der Waals surface area contributed by atoms with Crippen molar-refractivity contribution in [3.63, 3.8) is 0 Å². The molecule has 4 N–H and O–H groups in total. The van der Waals surface area contributed by atoms with Gasteiger partial charge in [0, 0.05) is 34.7 Å². The predicted molar refractivity (Wildman–Crippen MR) is 63.8 cm³/mol. The summed E-state index contributed by atoms with van der Waals surface area (Å²) in [5, 5.41) is 20.7. The van der Waals surface area contributed by atoms with Gasteiger partial charge in [0.25, 0.3) is 0 Å². The lowest BCUT2D eigenvalue weighted by molar-refractivity contribution is 0.289. The number of hydrogen-bond acceptors (Lipinski definition) is 5. The first-order valence-corrected chi connectivity index (χ1v) is 5.76. The number of thioether (sulfide) groups is 1. The Kier molecular flexibility index (Phi) is 5.07. The minimum absolute atomic E-state index is 0.0705. The van der Waals surface area contributed by atoms with E-state index in [2.05, 4.69) is 10.1 Å². The molecule has 1 aromatic rings. The number of oxime groups is 1. The number of pyridine rings is 1. The van der Waals surface area contributed by atoms with Crippen molar-refractivity contribution in [3.05, 3.63) is 24.0 Å². The summed E-state index contributed by atoms with van der Waals surface area (Å²) in [6.07, 6.45) is 3.95. The minimum Gasteiger partial charge on any atom is -0.409 e. The Morgan fingerprint density at radius 3 is 3.06 bits per heavy atom. The molecule has 1 unspecified atom stereocenters. The van der Waals surface area contributed by atoms with Crippen LogP contribution in [0.25, 0.3) is 0 Å². The highest BCUT2D eigenvalue weighted by Gasteiger charge is 2.11. The van der Waals surface area contributed by atoms with Gasteiger partial charge in [0.2, 0.25) is 0 Å². The molecule has 0 radical (unpaired) electrons. The second-order valence-corrected chi connectivity index (χ2v) is 4.78. The molecule has 0 bridgehead atoms. The van der Waals surface area contributed by atoms with Crippen molar-refractivity contribution in [3.8, 4) is 0 Å². The van der Waals surface area contributed by atoms with Crippen LogP contribution in [0.4, 0.5) is 0 Å². The Bertz CT molecular complexity index is 371. The predicted octanol–water partition coefficient (Wildman–Crippen LogP) is 1.04. The molecule has 1 aromatic heterocycles. The third-order valence-corrected chi connectivity index (χ3v) is 3.25. The van der Waals surface area contributed by atoms with Gasteiger partial charge in [0.1, 0.15) is 0 Å². The van der Waals surface area contributed by atoms with Crippen LogP contribution in [0.1, 0.15) is 18.9 Å². The van der Waals surface area contributed by atoms with Gasteiger partial charge in [-0.05, 0) is 12.5 Å². The molecule has 88 valence electrons. The first-order valence-electron chi connectivity index (χ1n) is 4.88. The van der Waals surface area contributed by atoms with Crippen LogP contribution in [0.5, 0.6) is 0 Å². The molecule has 16 heavy (non-hydrogen) atoms. The van der Waals surface area contributed by atoms with E-state index in [0.717, 1.165) is 4.90 Å². The summed E-state index contributed by atoms with van der Waals surface area (Å²) in [6, 6.07) is 1.70. The highest BCUT2D eigenvalue weighted by atomic mass is 32.2. The molecule has 0 saturated carbocycles. The molecular formula is C10H15N3O2S. The topological polar surface area (TPSA) is 91.7 Å². The number of nitrogens with zero attached hydrogens (tertiary/aromatic N) is 2. The number of aliphatic hydroxyl groups excluding tert-OH is 1. The van der Waals surface area contributed by atoms with Crippen LogP contribution in [0.2, 0.25) is 0 Å². The summed E-state index contributed by atoms with van der Waals surface area (Å²) in [7, 11) is 0. The highest BCUT2D eigenvalue weighted by molar-refractivity contribution is 8.00. The molecule has 1 atom stereocenters. The van der Waals surface area contributed by atoms with Gasteiger partial charge in [-0.25, -0.2) is 0 Å². The summed E-state index contributed by atoms with van der Waals surface area (Å²) >= 11 is 1.54. The quantitative estimate of drug-likeness (QED) is 0.235. The molecule has 0 aliphatic carbocycles. The van der Waals surface area contributed by atoms with Crippen molar-refractivity contribution < 1.29 is 10.3 Å². The van der Waals surface area contributed by atoms with Gasteiger partial charge in [0.05, 0.1) is 0 Å². The average Bonchev–Trinajstić information content (AvgIpc) is 2.29. The first kappa shape index (κ1) is 12.8. The largest absolute Gasteiger partial charge is 0.409 e. The van der Waals surface area contributed by atoms with E-state index in [9.17, 15) is 0 Å². The van der Waals surface area contributed by atoms with Crippen LogP contribution < -0.4 is 5.73 Å². The molecule has 0 aliphatic rings. The third kappa shape index (κ3) is 3.39. The maximum Gasteiger partial charge on any atom is 0.171 e. The summed E-state index contributed by atoms with van der Waals surface area (Å²) in [4.78, 5) is 4.85. The van der Waals surface area contributed by atoms with Crippen LogP contribution in [0.15, 0.2) is 28.5 Å². The highest BCUT2D eigenvalue weighted by Crippen LogP contribution is 2.27. The molecule has 0 fully saturated rings. The fraction of sp³-hybridized carbons (Fsp3) is 0.400. The monoisotopic (exact) mass is 241 g/mol. The standard InChI is InChI=1S/C10H15N3O2S/c1-7(3-5-14)16-9-6-12-4-2-8(9)10(11)13-15/h2,4,6-7,14-15H,3,5H2,1H3,(H2,11,13). The van der Waals surface area contributed by atoms with Crippen molar-refractivity contribution in [2.45, 2.75) is 23.5 Å². The number of nitrogens with two attached hydrogens (primary N) is 1. The fourth-order valence-electron chi connectivity index (χ4n) is 1.20. The molecule has 5 nitrogen and oxygen atoms in total. The molecule has 0 saturated heterocycles. The number of aliphatic hydroxyl groups is 1. The van der Waals surface area contributed by atoms with E-state index < -0.39 is 0 Å². The van der Waals surface area contributed by atoms with Crippen LogP contribution in [0, 0.1) is 0 Å². The average molecular weight is 241 g/mol. The van der Waals surface area contributed by atoms with E-state index in [1.165, 1.54) is 0 Å². The Morgan fingerprint density at radius 1 is 1.69 bits per heavy atom. The van der Waals surface area contributed by atoms with E-state index in [1.54, 1.807) is 30.2 Å². The van der Waals surface area contributed by atoms with Crippen LogP contribution in [-0.4, -0.2) is 33.0 Å². The number of rotatable bonds is 5. The minimum atomic E-state index is 0.0705. The van der Waals surface area contributed by atoms with Crippen molar-refractivity contribution in [2.75, 3.05) is 6.61 Å². The van der Waals surface area contributed by atoms with Gasteiger partial charge in [-0.15, -0.1) is 11.8 Å². The van der Waals surface area contributed by atoms with Gasteiger partial charge in [-0.2, -0.15) is 0 Å². The van der Waals surface area contributed by atoms with E-state index in [0.29, 0.717) is 12.0 Å². The molecular weight excluding hydrogens is 226 g/mol. The normalized spacial score (nSPS) is 13.8. The maximum atomic E-state index is 8.82. The summed E-state index contributed by atoms with van der Waals surface area (Å²) < 4.78 is 0. The maximum absolute atomic E-state index is 8.82. The number of hydrogen-bond donors (Lipinski definition) is 3. The zero-order valence-corrected chi connectivity index (χ0v) is 9.81. The van der Waals surface area contributed by atoms with E-state index >= 15 is 0 Å². The van der Waals surface area contributed by atoms with Crippen molar-refractivity contribution in [1.82, 2.24) is 4.98 Å². The fourth-order valence-corrected chi connectivity index (χ4v) is 2.27. The van der Waals surface area contributed by atoms with E-state index in [-0.39, 0.29) is 17.7 Å². The van der Waals surface area contributed by atoms with Crippen molar-refractivity contribution >= 4 is 17.6 Å². The van der Waals surface area contributed by atoms with Gasteiger partial charge >= 0.3 is 0 Å². The lowest BCUT2D eigenvalue weighted by Gasteiger charge is -2.11. The zero-order valence-electron chi connectivity index (χ0n) is 9.00. The zero-order chi connectivity index (χ0) is 12.0. The van der Waals surface area contributed by atoms with E-state index in [1.807, 2.05) is 6.92 Å². The lowest BCUT2D eigenvalue weighted by Crippen LogP contribution is -2.15. The molecule has 0 amide bonds. The third-order valence-electron chi connectivity index (χ3n) is 2.03. The summed E-state index contributed by atoms with van der Waals surface area (Å²) in [5.41, 5.74) is 6.21. The van der Waals surface area contributed by atoms with Crippen molar-refractivity contribution in [2.24, 2.45) is 10.9 Å². The molecule has 0 aliphatic heterocycles. The second-order valence-electron chi connectivity index (χ2n) is 3.30. The Balaban J connectivity index is 2.87. The van der Waals surface area contributed by atoms with Gasteiger partial charge in [-0.1, -0.05) is 12.1 Å². The van der Waals surface area contributed by atoms with Gasteiger partial charge in [0.15, 0.2) is 5.84 Å². The summed E-state index contributed by atoms with van der Waals surface area (Å²) in [5.74, 6) is 0.0705. The Hall–Kier alpha value is -1.27. The number of amidine groups is 1. The Morgan fingerprint density at radius 2 is 2.44 bits per heavy atom. The lowest BCUT2D eigenvalue weighted by atomic mass is 10.2. The van der Waals surface area contributed by atoms with Crippen molar-refractivity contribution in [1.29, 1.82) is 0 Å². The first-order chi connectivity index (χ1) is 7.69. The van der Waals surface area contributed by atoms with Gasteiger partial charge < -0.3 is 16.0 Å². The second kappa shape index (κ2) is 6.34. The molecule has 0 aromatic carbocycles. The van der Waals surface area contributed by atoms with Crippen LogP contribution in [-0.2, 0) is 0 Å². The van der Waals surface area contributed by atoms with Crippen LogP contribution in [0.3, 0.4) is 0 Å². The SMILES string of the molecule is CC(CCO)Sc1cnccc1/C(N)=N/O. The molecule has 6 heteroatoms. The number of aromatic nitrogens is 1. The van der Waals surface area contributed by atoms with Crippen LogP contribution >= 0.6 is 11.8 Å². The van der Waals surface area contributed by atoms with E-state index in [4.69, 9.17) is 16.0 Å². The van der Waals surface area contributed by atoms with Gasteiger partial charge in [-0.3, -0.25) is 4.98 Å². The molecule has 1 heterocycles. The smallest absolute Gasteiger partial charge is 0.171 e. The summed E-state index contributed by atoms with van der Waals surface area (Å²) in [6.45, 7) is 2.15. The molecule has 0 spiro atoms.